The normalized spacial score (nSPS) is 10.1. The average molecular weight is 286 g/mol. The van der Waals surface area contributed by atoms with Gasteiger partial charge in [0.2, 0.25) is 5.91 Å². The van der Waals surface area contributed by atoms with Crippen molar-refractivity contribution < 1.29 is 19.4 Å². The third kappa shape index (κ3) is 4.44. The third-order valence-electron chi connectivity index (χ3n) is 2.56. The second-order valence-electron chi connectivity index (χ2n) is 4.03. The summed E-state index contributed by atoms with van der Waals surface area (Å²) in [6.45, 7) is 1.39. The van der Waals surface area contributed by atoms with Gasteiger partial charge in [0.05, 0.1) is 12.8 Å². The van der Waals surface area contributed by atoms with Crippen LogP contribution in [0.1, 0.15) is 25.3 Å². The molecule has 0 saturated heterocycles. The van der Waals surface area contributed by atoms with Crippen molar-refractivity contribution in [3.63, 3.8) is 0 Å². The summed E-state index contributed by atoms with van der Waals surface area (Å²) in [5, 5.41) is 11.8. The lowest BCUT2D eigenvalue weighted by molar-refractivity contribution is -0.137. The lowest BCUT2D eigenvalue weighted by Gasteiger charge is -2.15. The van der Waals surface area contributed by atoms with Crippen LogP contribution in [0.4, 0.5) is 5.69 Å². The van der Waals surface area contributed by atoms with Crippen molar-refractivity contribution in [1.29, 1.82) is 0 Å². The van der Waals surface area contributed by atoms with E-state index >= 15 is 0 Å². The first-order chi connectivity index (χ1) is 8.95. The molecule has 1 amide bonds. The van der Waals surface area contributed by atoms with E-state index in [0.29, 0.717) is 34.9 Å². The number of aliphatic carboxylic acids is 1. The lowest BCUT2D eigenvalue weighted by atomic mass is 10.0. The summed E-state index contributed by atoms with van der Waals surface area (Å²) in [6, 6.07) is 3.33. The highest BCUT2D eigenvalue weighted by atomic mass is 35.5. The van der Waals surface area contributed by atoms with Crippen LogP contribution in [0.25, 0.3) is 0 Å². The summed E-state index contributed by atoms with van der Waals surface area (Å²) in [5.41, 5.74) is 1.20. The SMILES string of the molecule is COc1ccc(Cl)c(CCCC(=O)O)c1NC(C)=O. The molecule has 6 heteroatoms. The smallest absolute Gasteiger partial charge is 0.303 e. The molecule has 0 aliphatic heterocycles. The summed E-state index contributed by atoms with van der Waals surface area (Å²) in [7, 11) is 1.50. The van der Waals surface area contributed by atoms with Crippen molar-refractivity contribution in [3.05, 3.63) is 22.7 Å². The minimum Gasteiger partial charge on any atom is -0.495 e. The van der Waals surface area contributed by atoms with Gasteiger partial charge in [-0.2, -0.15) is 0 Å². The number of ether oxygens (including phenoxy) is 1. The Hall–Kier alpha value is -1.75. The van der Waals surface area contributed by atoms with Gasteiger partial charge in [0.25, 0.3) is 0 Å². The Kier molecular flexibility index (Phi) is 5.63. The van der Waals surface area contributed by atoms with E-state index in [1.54, 1.807) is 12.1 Å². The maximum absolute atomic E-state index is 11.2. The molecule has 1 rings (SSSR count). The minimum atomic E-state index is -0.861. The van der Waals surface area contributed by atoms with E-state index < -0.39 is 5.97 Å². The quantitative estimate of drug-likeness (QED) is 0.842. The number of carbonyl (C=O) groups is 2. The van der Waals surface area contributed by atoms with Gasteiger partial charge in [-0.15, -0.1) is 0 Å². The molecule has 0 unspecified atom stereocenters. The third-order valence-corrected chi connectivity index (χ3v) is 2.91. The molecule has 5 nitrogen and oxygen atoms in total. The van der Waals surface area contributed by atoms with Crippen molar-refractivity contribution >= 4 is 29.2 Å². The Bertz CT molecular complexity index is 488. The molecule has 0 atom stereocenters. The highest BCUT2D eigenvalue weighted by Crippen LogP contribution is 2.34. The summed E-state index contributed by atoms with van der Waals surface area (Å²) < 4.78 is 5.18. The van der Waals surface area contributed by atoms with Gasteiger partial charge in [-0.3, -0.25) is 9.59 Å². The van der Waals surface area contributed by atoms with E-state index in [4.69, 9.17) is 21.4 Å². The zero-order valence-electron chi connectivity index (χ0n) is 10.8. The van der Waals surface area contributed by atoms with Crippen LogP contribution in [0, 0.1) is 0 Å². The van der Waals surface area contributed by atoms with Crippen molar-refractivity contribution in [2.45, 2.75) is 26.2 Å². The lowest BCUT2D eigenvalue weighted by Crippen LogP contribution is -2.10. The molecule has 0 aliphatic carbocycles. The number of benzene rings is 1. The van der Waals surface area contributed by atoms with Crippen LogP contribution in [0.5, 0.6) is 5.75 Å². The maximum Gasteiger partial charge on any atom is 0.303 e. The molecule has 0 radical (unpaired) electrons. The Morgan fingerprint density at radius 2 is 2.11 bits per heavy atom. The number of halogens is 1. The highest BCUT2D eigenvalue weighted by molar-refractivity contribution is 6.32. The number of methoxy groups -OCH3 is 1. The molecule has 104 valence electrons. The molecule has 0 heterocycles. The molecule has 1 aromatic rings. The number of hydrogen-bond donors (Lipinski definition) is 2. The Morgan fingerprint density at radius 3 is 2.63 bits per heavy atom. The van der Waals surface area contributed by atoms with Gasteiger partial charge in [0.15, 0.2) is 0 Å². The molecule has 0 spiro atoms. The highest BCUT2D eigenvalue weighted by Gasteiger charge is 2.14. The number of amides is 1. The largest absolute Gasteiger partial charge is 0.495 e. The molecule has 1 aromatic carbocycles. The Balaban J connectivity index is 3.03. The van der Waals surface area contributed by atoms with Crippen molar-refractivity contribution in [1.82, 2.24) is 0 Å². The molecule has 0 fully saturated rings. The van der Waals surface area contributed by atoms with Crippen molar-refractivity contribution in [2.24, 2.45) is 0 Å². The van der Waals surface area contributed by atoms with Crippen LogP contribution < -0.4 is 10.1 Å². The number of anilines is 1. The molecule has 0 saturated carbocycles. The maximum atomic E-state index is 11.2. The monoisotopic (exact) mass is 285 g/mol. The van der Waals surface area contributed by atoms with Gasteiger partial charge in [-0.1, -0.05) is 11.6 Å². The van der Waals surface area contributed by atoms with E-state index in [0.717, 1.165) is 0 Å². The Morgan fingerprint density at radius 1 is 1.42 bits per heavy atom. The van der Waals surface area contributed by atoms with Gasteiger partial charge in [-0.25, -0.2) is 0 Å². The molecule has 0 bridgehead atoms. The number of carbonyl (C=O) groups excluding carboxylic acids is 1. The number of carboxylic acids is 1. The standard InChI is InChI=1S/C13H16ClNO4/c1-8(16)15-13-9(4-3-5-12(17)18)10(14)6-7-11(13)19-2/h6-7H,3-5H2,1-2H3,(H,15,16)(H,17,18). The summed E-state index contributed by atoms with van der Waals surface area (Å²) >= 11 is 6.10. The van der Waals surface area contributed by atoms with E-state index in [-0.39, 0.29) is 12.3 Å². The second-order valence-corrected chi connectivity index (χ2v) is 4.44. The summed E-state index contributed by atoms with van der Waals surface area (Å²) in [5.74, 6) is -0.593. The minimum absolute atomic E-state index is 0.0487. The molecule has 2 N–H and O–H groups in total. The van der Waals surface area contributed by atoms with Crippen LogP contribution in [0.3, 0.4) is 0 Å². The zero-order valence-corrected chi connectivity index (χ0v) is 11.6. The van der Waals surface area contributed by atoms with Crippen molar-refractivity contribution in [3.8, 4) is 5.75 Å². The first-order valence-corrected chi connectivity index (χ1v) is 6.18. The first-order valence-electron chi connectivity index (χ1n) is 5.80. The number of hydrogen-bond acceptors (Lipinski definition) is 3. The van der Waals surface area contributed by atoms with E-state index in [1.165, 1.54) is 14.0 Å². The number of carboxylic acid groups (broad SMARTS) is 1. The fourth-order valence-corrected chi connectivity index (χ4v) is 2.00. The first kappa shape index (κ1) is 15.3. The number of rotatable bonds is 6. The number of nitrogens with one attached hydrogen (secondary N) is 1. The van der Waals surface area contributed by atoms with Crippen LogP contribution in [-0.4, -0.2) is 24.1 Å². The molecule has 0 aromatic heterocycles. The molecular weight excluding hydrogens is 270 g/mol. The summed E-state index contributed by atoms with van der Waals surface area (Å²) in [6.07, 6.45) is 0.944. The van der Waals surface area contributed by atoms with Gasteiger partial charge in [0, 0.05) is 18.4 Å². The van der Waals surface area contributed by atoms with E-state index in [1.807, 2.05) is 0 Å². The van der Waals surface area contributed by atoms with Gasteiger partial charge in [0.1, 0.15) is 5.75 Å². The van der Waals surface area contributed by atoms with Gasteiger partial charge < -0.3 is 15.2 Å². The van der Waals surface area contributed by atoms with E-state index in [2.05, 4.69) is 5.32 Å². The summed E-state index contributed by atoms with van der Waals surface area (Å²) in [4.78, 5) is 21.8. The van der Waals surface area contributed by atoms with Crippen LogP contribution in [0.15, 0.2) is 12.1 Å². The van der Waals surface area contributed by atoms with Crippen LogP contribution >= 0.6 is 11.6 Å². The molecule has 0 aliphatic rings. The zero-order chi connectivity index (χ0) is 14.4. The van der Waals surface area contributed by atoms with Gasteiger partial charge in [-0.05, 0) is 30.5 Å². The van der Waals surface area contributed by atoms with Crippen LogP contribution in [-0.2, 0) is 16.0 Å². The predicted molar refractivity (Wildman–Crippen MR) is 72.9 cm³/mol. The second kappa shape index (κ2) is 6.99. The fourth-order valence-electron chi connectivity index (χ4n) is 1.74. The predicted octanol–water partition coefficient (Wildman–Crippen LogP) is 2.71. The molecule has 19 heavy (non-hydrogen) atoms. The average Bonchev–Trinajstić information content (AvgIpc) is 2.32. The van der Waals surface area contributed by atoms with Gasteiger partial charge >= 0.3 is 5.97 Å². The fraction of sp³-hybridized carbons (Fsp3) is 0.385. The van der Waals surface area contributed by atoms with E-state index in [9.17, 15) is 9.59 Å². The van der Waals surface area contributed by atoms with Crippen molar-refractivity contribution in [2.75, 3.05) is 12.4 Å². The topological polar surface area (TPSA) is 75.6 Å². The van der Waals surface area contributed by atoms with Crippen LogP contribution in [0.2, 0.25) is 5.02 Å². The Labute approximate surface area is 116 Å². The molecular formula is C13H16ClNO4.